The first-order valence-electron chi connectivity index (χ1n) is 14.5. The first kappa shape index (κ1) is 40.1. The predicted molar refractivity (Wildman–Crippen MR) is 158 cm³/mol. The number of rotatable bonds is 12. The van der Waals surface area contributed by atoms with Gasteiger partial charge in [0.2, 0.25) is 6.79 Å². The molecule has 2 aliphatic carbocycles. The van der Waals surface area contributed by atoms with E-state index in [-0.39, 0.29) is 43.8 Å². The summed E-state index contributed by atoms with van der Waals surface area (Å²) in [6, 6.07) is 0. The number of esters is 3. The van der Waals surface area contributed by atoms with Crippen molar-refractivity contribution in [1.29, 1.82) is 0 Å². The molecule has 250 valence electrons. The molecule has 0 bridgehead atoms. The van der Waals surface area contributed by atoms with Crippen molar-refractivity contribution in [1.82, 2.24) is 0 Å². The zero-order chi connectivity index (χ0) is 33.3. The topological polar surface area (TPSA) is 159 Å². The number of carbonyl (C=O) groups is 5. The normalized spacial score (nSPS) is 14.5. The molecule has 0 atom stereocenters. The summed E-state index contributed by atoms with van der Waals surface area (Å²) in [4.78, 5) is 54.2. The van der Waals surface area contributed by atoms with E-state index in [0.29, 0.717) is 11.1 Å². The number of ether oxygens (including phenoxy) is 8. The molecule has 0 aromatic rings. The molecular formula is C31H48O13. The van der Waals surface area contributed by atoms with Crippen LogP contribution in [0.1, 0.15) is 85.0 Å². The summed E-state index contributed by atoms with van der Waals surface area (Å²) in [5.41, 5.74) is 0.973. The van der Waals surface area contributed by atoms with Crippen LogP contribution in [-0.4, -0.2) is 76.3 Å². The van der Waals surface area contributed by atoms with Gasteiger partial charge in [-0.05, 0) is 59.3 Å². The van der Waals surface area contributed by atoms with Gasteiger partial charge in [0.15, 0.2) is 6.79 Å². The van der Waals surface area contributed by atoms with Gasteiger partial charge in [0.05, 0.1) is 13.2 Å². The van der Waals surface area contributed by atoms with Gasteiger partial charge < -0.3 is 37.9 Å². The molecule has 0 radical (unpaired) electrons. The van der Waals surface area contributed by atoms with E-state index in [1.807, 2.05) is 0 Å². The van der Waals surface area contributed by atoms with Gasteiger partial charge in [0.1, 0.15) is 19.3 Å². The fourth-order valence-corrected chi connectivity index (χ4v) is 3.59. The van der Waals surface area contributed by atoms with E-state index in [1.54, 1.807) is 13.8 Å². The third-order valence-corrected chi connectivity index (χ3v) is 5.98. The summed E-state index contributed by atoms with van der Waals surface area (Å²) in [6.45, 7) is 14.6. The Balaban J connectivity index is 0.000000646. The van der Waals surface area contributed by atoms with Crippen LogP contribution in [0, 0.1) is 0 Å². The van der Waals surface area contributed by atoms with Crippen LogP contribution in [0.5, 0.6) is 0 Å². The summed E-state index contributed by atoms with van der Waals surface area (Å²) in [5.74, 6) is -1.47. The quantitative estimate of drug-likeness (QED) is 0.0833. The van der Waals surface area contributed by atoms with Crippen LogP contribution < -0.4 is 0 Å². The zero-order valence-corrected chi connectivity index (χ0v) is 26.5. The van der Waals surface area contributed by atoms with Gasteiger partial charge in [-0.1, -0.05) is 45.4 Å². The molecule has 0 spiro atoms. The average molecular weight is 629 g/mol. The van der Waals surface area contributed by atoms with Crippen LogP contribution >= 0.6 is 0 Å². The van der Waals surface area contributed by atoms with Crippen molar-refractivity contribution in [2.75, 3.05) is 33.9 Å². The Morgan fingerprint density at radius 1 is 0.545 bits per heavy atom. The zero-order valence-electron chi connectivity index (χ0n) is 26.5. The second kappa shape index (κ2) is 24.6. The molecule has 0 heterocycles. The number of hydrogen-bond donors (Lipinski definition) is 0. The van der Waals surface area contributed by atoms with Crippen LogP contribution in [0.25, 0.3) is 0 Å². The standard InChI is InChI=1S/C13H20O5.C11H18O3.C7H10O5/c1-10(2)12(14)16-8-9-17-13(15)18-11-6-4-3-5-7-11;1-9(2)11(12)14-8-13-10-6-4-3-5-7-10;1-5(2)6(8)11-4-12-7(9)10-3/h11H,1,3-9H2,2H3;10H,1,3-8H2,2H3;1,4H2,2-3H3. The molecule has 0 saturated heterocycles. The molecule has 13 heteroatoms. The third kappa shape index (κ3) is 21.8. The molecule has 13 nitrogen and oxygen atoms in total. The fourth-order valence-electron chi connectivity index (χ4n) is 3.59. The van der Waals surface area contributed by atoms with Crippen molar-refractivity contribution in [3.8, 4) is 0 Å². The van der Waals surface area contributed by atoms with Crippen LogP contribution in [0.2, 0.25) is 0 Å². The Morgan fingerprint density at radius 3 is 1.45 bits per heavy atom. The van der Waals surface area contributed by atoms with Crippen molar-refractivity contribution >= 4 is 30.2 Å². The fraction of sp³-hybridized carbons (Fsp3) is 0.645. The summed E-state index contributed by atoms with van der Waals surface area (Å²) in [7, 11) is 1.16. The first-order valence-corrected chi connectivity index (χ1v) is 14.5. The van der Waals surface area contributed by atoms with Gasteiger partial charge in [-0.2, -0.15) is 0 Å². The van der Waals surface area contributed by atoms with Gasteiger partial charge in [0, 0.05) is 16.7 Å². The highest BCUT2D eigenvalue weighted by Crippen LogP contribution is 2.21. The Bertz CT molecular complexity index is 944. The highest BCUT2D eigenvalue weighted by Gasteiger charge is 2.18. The van der Waals surface area contributed by atoms with Gasteiger partial charge in [-0.3, -0.25) is 0 Å². The van der Waals surface area contributed by atoms with Crippen molar-refractivity contribution in [2.24, 2.45) is 0 Å². The molecule has 2 saturated carbocycles. The summed E-state index contributed by atoms with van der Waals surface area (Å²) in [6.07, 6.45) is 9.77. The van der Waals surface area contributed by atoms with Gasteiger partial charge >= 0.3 is 30.2 Å². The van der Waals surface area contributed by atoms with Crippen LogP contribution in [0.15, 0.2) is 36.5 Å². The molecule has 0 aliphatic heterocycles. The lowest BCUT2D eigenvalue weighted by molar-refractivity contribution is -0.157. The molecule has 2 aliphatic rings. The lowest BCUT2D eigenvalue weighted by Gasteiger charge is -2.21. The highest BCUT2D eigenvalue weighted by atomic mass is 16.8. The molecular weight excluding hydrogens is 580 g/mol. The maximum atomic E-state index is 11.3. The molecule has 44 heavy (non-hydrogen) atoms. The minimum atomic E-state index is -0.899. The van der Waals surface area contributed by atoms with Crippen molar-refractivity contribution < 1.29 is 61.9 Å². The van der Waals surface area contributed by atoms with Gasteiger partial charge in [-0.25, -0.2) is 24.0 Å². The molecule has 0 aromatic carbocycles. The van der Waals surface area contributed by atoms with Crippen LogP contribution in [0.4, 0.5) is 9.59 Å². The molecule has 0 N–H and O–H groups in total. The summed E-state index contributed by atoms with van der Waals surface area (Å²) in [5, 5.41) is 0. The SMILES string of the molecule is C=C(C)C(=O)OCCOC(=O)OC1CCCCC1.C=C(C)C(=O)OCOC(=O)OC.C=C(C)C(=O)OCOC1CCCCC1. The lowest BCUT2D eigenvalue weighted by Crippen LogP contribution is -2.22. The Morgan fingerprint density at radius 2 is 0.977 bits per heavy atom. The number of hydrogen-bond acceptors (Lipinski definition) is 13. The van der Waals surface area contributed by atoms with Crippen molar-refractivity contribution in [2.45, 2.75) is 97.2 Å². The van der Waals surface area contributed by atoms with E-state index in [0.717, 1.165) is 45.6 Å². The predicted octanol–water partition coefficient (Wildman–Crippen LogP) is 5.85. The van der Waals surface area contributed by atoms with E-state index in [2.05, 4.69) is 33.9 Å². The van der Waals surface area contributed by atoms with Crippen molar-refractivity contribution in [3.63, 3.8) is 0 Å². The number of methoxy groups -OCH3 is 1. The van der Waals surface area contributed by atoms with Crippen LogP contribution in [-0.2, 0) is 52.3 Å². The summed E-state index contributed by atoms with van der Waals surface area (Å²) < 4.78 is 37.8. The average Bonchev–Trinajstić information content (AvgIpc) is 3.00. The lowest BCUT2D eigenvalue weighted by atomic mass is 9.98. The second-order valence-corrected chi connectivity index (χ2v) is 10.1. The Labute approximate surface area is 259 Å². The summed E-state index contributed by atoms with van der Waals surface area (Å²) >= 11 is 0. The largest absolute Gasteiger partial charge is 0.510 e. The maximum absolute atomic E-state index is 11.3. The molecule has 0 amide bonds. The van der Waals surface area contributed by atoms with Crippen LogP contribution in [0.3, 0.4) is 0 Å². The minimum Gasteiger partial charge on any atom is -0.459 e. The van der Waals surface area contributed by atoms with Gasteiger partial charge in [-0.15, -0.1) is 0 Å². The van der Waals surface area contributed by atoms with E-state index in [1.165, 1.54) is 32.6 Å². The maximum Gasteiger partial charge on any atom is 0.510 e. The van der Waals surface area contributed by atoms with Gasteiger partial charge in [0.25, 0.3) is 0 Å². The minimum absolute atomic E-state index is 0.00454. The molecule has 2 rings (SSSR count). The highest BCUT2D eigenvalue weighted by molar-refractivity contribution is 5.87. The van der Waals surface area contributed by atoms with E-state index < -0.39 is 31.0 Å². The first-order chi connectivity index (χ1) is 20.9. The van der Waals surface area contributed by atoms with E-state index in [4.69, 9.17) is 23.7 Å². The smallest absolute Gasteiger partial charge is 0.459 e. The number of carbonyl (C=O) groups excluding carboxylic acids is 5. The monoisotopic (exact) mass is 628 g/mol. The molecule has 0 unspecified atom stereocenters. The third-order valence-electron chi connectivity index (χ3n) is 5.98. The van der Waals surface area contributed by atoms with E-state index >= 15 is 0 Å². The Hall–Kier alpha value is -3.87. The van der Waals surface area contributed by atoms with Crippen molar-refractivity contribution in [3.05, 3.63) is 36.5 Å². The second-order valence-electron chi connectivity index (χ2n) is 10.1. The Kier molecular flexibility index (Phi) is 22.4. The van der Waals surface area contributed by atoms with E-state index in [9.17, 15) is 24.0 Å². The molecule has 0 aromatic heterocycles. The molecule has 2 fully saturated rings.